The van der Waals surface area contributed by atoms with Crippen LogP contribution in [0.3, 0.4) is 0 Å². The Balaban J connectivity index is 1.42. The summed E-state index contributed by atoms with van der Waals surface area (Å²) >= 11 is 0. The van der Waals surface area contributed by atoms with Gasteiger partial charge in [-0.3, -0.25) is 9.88 Å². The van der Waals surface area contributed by atoms with Gasteiger partial charge in [0.2, 0.25) is 0 Å². The van der Waals surface area contributed by atoms with Crippen molar-refractivity contribution in [3.05, 3.63) is 66.6 Å². The van der Waals surface area contributed by atoms with Gasteiger partial charge in [0.05, 0.1) is 24.5 Å². The number of benzene rings is 1. The van der Waals surface area contributed by atoms with Gasteiger partial charge in [0, 0.05) is 43.8 Å². The van der Waals surface area contributed by atoms with Crippen molar-refractivity contribution in [2.75, 3.05) is 32.0 Å². The zero-order valence-electron chi connectivity index (χ0n) is 16.0. The molecule has 7 heteroatoms. The Bertz CT molecular complexity index is 1120. The molecule has 0 bridgehead atoms. The van der Waals surface area contributed by atoms with Gasteiger partial charge >= 0.3 is 0 Å². The second-order valence-electron chi connectivity index (χ2n) is 7.17. The predicted octanol–water partition coefficient (Wildman–Crippen LogP) is 2.87. The molecule has 1 aliphatic heterocycles. The number of rotatable bonds is 4. The van der Waals surface area contributed by atoms with Crippen LogP contribution in [0.4, 0.5) is 5.82 Å². The number of nitrogens with two attached hydrogens (primary N) is 1. The summed E-state index contributed by atoms with van der Waals surface area (Å²) in [5, 5.41) is 4.44. The molecule has 7 nitrogen and oxygen atoms in total. The third kappa shape index (κ3) is 3.57. The topological polar surface area (TPSA) is 81.6 Å². The van der Waals surface area contributed by atoms with E-state index in [1.165, 1.54) is 5.56 Å². The largest absolute Gasteiger partial charge is 0.382 e. The van der Waals surface area contributed by atoms with Gasteiger partial charge in [-0.25, -0.2) is 9.50 Å². The third-order valence-corrected chi connectivity index (χ3v) is 5.22. The van der Waals surface area contributed by atoms with Crippen molar-refractivity contribution in [1.82, 2.24) is 24.5 Å². The Labute approximate surface area is 168 Å². The van der Waals surface area contributed by atoms with Gasteiger partial charge in [-0.05, 0) is 23.3 Å². The maximum atomic E-state index is 6.16. The summed E-state index contributed by atoms with van der Waals surface area (Å²) in [6.45, 7) is 4.56. The summed E-state index contributed by atoms with van der Waals surface area (Å²) in [5.74, 6) is 0.425. The molecule has 5 rings (SSSR count). The van der Waals surface area contributed by atoms with Crippen LogP contribution < -0.4 is 5.73 Å². The number of hydrogen-bond donors (Lipinski definition) is 1. The molecule has 2 N–H and O–H groups in total. The van der Waals surface area contributed by atoms with Crippen LogP contribution in [0.1, 0.15) is 5.56 Å². The summed E-state index contributed by atoms with van der Waals surface area (Å²) in [6.07, 6.45) is 5.56. The van der Waals surface area contributed by atoms with Crippen LogP contribution in [-0.2, 0) is 11.3 Å². The summed E-state index contributed by atoms with van der Waals surface area (Å²) in [4.78, 5) is 11.4. The minimum atomic E-state index is 0.425. The van der Waals surface area contributed by atoms with Gasteiger partial charge in [0.1, 0.15) is 0 Å². The van der Waals surface area contributed by atoms with Gasteiger partial charge in [0.15, 0.2) is 11.5 Å². The first-order valence-corrected chi connectivity index (χ1v) is 9.72. The lowest BCUT2D eigenvalue weighted by Gasteiger charge is -2.26. The molecule has 0 spiro atoms. The maximum Gasteiger partial charge on any atom is 0.166 e. The van der Waals surface area contributed by atoms with Crippen molar-refractivity contribution in [2.45, 2.75) is 6.54 Å². The van der Waals surface area contributed by atoms with Gasteiger partial charge in [-0.15, -0.1) is 5.10 Å². The molecule has 0 amide bonds. The van der Waals surface area contributed by atoms with E-state index in [0.717, 1.165) is 55.2 Å². The van der Waals surface area contributed by atoms with Gasteiger partial charge < -0.3 is 10.5 Å². The number of fused-ring (bicyclic) bond motifs is 1. The van der Waals surface area contributed by atoms with E-state index in [1.54, 1.807) is 10.7 Å². The van der Waals surface area contributed by atoms with Crippen LogP contribution in [0, 0.1) is 0 Å². The lowest BCUT2D eigenvalue weighted by molar-refractivity contribution is 0.0342. The first kappa shape index (κ1) is 17.8. The van der Waals surface area contributed by atoms with Crippen molar-refractivity contribution in [1.29, 1.82) is 0 Å². The van der Waals surface area contributed by atoms with Crippen molar-refractivity contribution in [3.8, 4) is 22.4 Å². The molecule has 0 atom stereocenters. The molecular weight excluding hydrogens is 364 g/mol. The number of anilines is 1. The lowest BCUT2D eigenvalue weighted by atomic mass is 10.1. The number of nitrogen functional groups attached to an aromatic ring is 1. The standard InChI is InChI=1S/C22H22N6O/c23-21-20(19-3-1-2-8-24-19)22-25-13-18(15-28(22)26-21)17-6-4-16(5-7-17)14-27-9-11-29-12-10-27/h1-8,13,15H,9-12,14H2,(H2,23,26). The molecule has 0 radical (unpaired) electrons. The van der Waals surface area contributed by atoms with Crippen LogP contribution in [0.5, 0.6) is 0 Å². The van der Waals surface area contributed by atoms with Crippen molar-refractivity contribution >= 4 is 11.5 Å². The second kappa shape index (κ2) is 7.62. The average Bonchev–Trinajstić information content (AvgIpc) is 3.10. The van der Waals surface area contributed by atoms with Crippen LogP contribution in [0.25, 0.3) is 28.0 Å². The number of aromatic nitrogens is 4. The van der Waals surface area contributed by atoms with Crippen LogP contribution in [0.2, 0.25) is 0 Å². The highest BCUT2D eigenvalue weighted by Gasteiger charge is 2.15. The van der Waals surface area contributed by atoms with E-state index in [2.05, 4.69) is 44.2 Å². The fourth-order valence-corrected chi connectivity index (χ4v) is 3.68. The minimum Gasteiger partial charge on any atom is -0.382 e. The molecule has 0 saturated carbocycles. The number of nitrogens with zero attached hydrogens (tertiary/aromatic N) is 5. The maximum absolute atomic E-state index is 6.16. The molecule has 4 heterocycles. The number of pyridine rings is 1. The van der Waals surface area contributed by atoms with E-state index < -0.39 is 0 Å². The average molecular weight is 386 g/mol. The first-order valence-electron chi connectivity index (χ1n) is 9.72. The Morgan fingerprint density at radius 2 is 1.79 bits per heavy atom. The number of hydrogen-bond acceptors (Lipinski definition) is 6. The van der Waals surface area contributed by atoms with E-state index >= 15 is 0 Å². The highest BCUT2D eigenvalue weighted by atomic mass is 16.5. The van der Waals surface area contributed by atoms with E-state index in [0.29, 0.717) is 11.5 Å². The molecule has 29 heavy (non-hydrogen) atoms. The van der Waals surface area contributed by atoms with Gasteiger partial charge in [0.25, 0.3) is 0 Å². The number of ether oxygens (including phenoxy) is 1. The lowest BCUT2D eigenvalue weighted by Crippen LogP contribution is -2.35. The number of morpholine rings is 1. The summed E-state index contributed by atoms with van der Waals surface area (Å²) in [7, 11) is 0. The zero-order valence-corrected chi connectivity index (χ0v) is 16.0. The zero-order chi connectivity index (χ0) is 19.6. The van der Waals surface area contributed by atoms with Crippen molar-refractivity contribution in [3.63, 3.8) is 0 Å². The highest BCUT2D eigenvalue weighted by molar-refractivity contribution is 5.84. The van der Waals surface area contributed by atoms with Crippen LogP contribution in [-0.4, -0.2) is 50.8 Å². The van der Waals surface area contributed by atoms with Crippen LogP contribution >= 0.6 is 0 Å². The predicted molar refractivity (Wildman–Crippen MR) is 112 cm³/mol. The molecule has 0 aliphatic carbocycles. The SMILES string of the molecule is Nc1nn2cc(-c3ccc(CN4CCOCC4)cc3)cnc2c1-c1ccccn1. The quantitative estimate of drug-likeness (QED) is 0.581. The molecule has 4 aromatic rings. The summed E-state index contributed by atoms with van der Waals surface area (Å²) in [6, 6.07) is 14.3. The fraction of sp³-hybridized carbons (Fsp3) is 0.227. The molecule has 1 saturated heterocycles. The fourth-order valence-electron chi connectivity index (χ4n) is 3.68. The summed E-state index contributed by atoms with van der Waals surface area (Å²) in [5.41, 5.74) is 11.8. The van der Waals surface area contributed by atoms with E-state index in [1.807, 2.05) is 30.6 Å². The molecule has 1 aliphatic rings. The Hall–Kier alpha value is -3.29. The summed E-state index contributed by atoms with van der Waals surface area (Å²) < 4.78 is 7.15. The molecular formula is C22H22N6O. The van der Waals surface area contributed by atoms with Gasteiger partial charge in [-0.2, -0.15) is 0 Å². The van der Waals surface area contributed by atoms with Crippen molar-refractivity contribution < 1.29 is 4.74 Å². The molecule has 146 valence electrons. The Morgan fingerprint density at radius 1 is 0.966 bits per heavy atom. The van der Waals surface area contributed by atoms with E-state index in [9.17, 15) is 0 Å². The Morgan fingerprint density at radius 3 is 2.55 bits per heavy atom. The van der Waals surface area contributed by atoms with Crippen molar-refractivity contribution in [2.24, 2.45) is 0 Å². The van der Waals surface area contributed by atoms with Crippen LogP contribution in [0.15, 0.2) is 61.1 Å². The van der Waals surface area contributed by atoms with E-state index in [4.69, 9.17) is 10.5 Å². The minimum absolute atomic E-state index is 0.425. The second-order valence-corrected chi connectivity index (χ2v) is 7.17. The Kier molecular flexibility index (Phi) is 4.67. The smallest absolute Gasteiger partial charge is 0.166 e. The first-order chi connectivity index (χ1) is 14.3. The third-order valence-electron chi connectivity index (χ3n) is 5.22. The monoisotopic (exact) mass is 386 g/mol. The molecule has 3 aromatic heterocycles. The van der Waals surface area contributed by atoms with Gasteiger partial charge in [-0.1, -0.05) is 30.3 Å². The molecule has 1 aromatic carbocycles. The normalized spacial score (nSPS) is 15.0. The van der Waals surface area contributed by atoms with E-state index in [-0.39, 0.29) is 0 Å². The molecule has 1 fully saturated rings. The molecule has 0 unspecified atom stereocenters. The highest BCUT2D eigenvalue weighted by Crippen LogP contribution is 2.29.